The third-order valence-corrected chi connectivity index (χ3v) is 4.07. The van der Waals surface area contributed by atoms with Crippen LogP contribution in [0.2, 0.25) is 0 Å². The maximum absolute atomic E-state index is 2.34. The van der Waals surface area contributed by atoms with Crippen LogP contribution < -0.4 is 0 Å². The molecule has 0 aliphatic rings. The molecule has 0 saturated heterocycles. The van der Waals surface area contributed by atoms with Gasteiger partial charge in [-0.05, 0) is 42.8 Å². The topological polar surface area (TPSA) is 4.93 Å². The Morgan fingerprint density at radius 1 is 0.727 bits per heavy atom. The maximum Gasteiger partial charge on any atom is 0.0541 e. The minimum atomic E-state index is 1.20. The zero-order valence-electron chi connectivity index (χ0n) is 12.5. The molecule has 0 saturated carbocycles. The zero-order chi connectivity index (χ0) is 14.9. The second-order valence-electron chi connectivity index (χ2n) is 5.46. The Bertz CT molecular complexity index is 975. The number of hydrogen-bond acceptors (Lipinski definition) is 0. The Morgan fingerprint density at radius 2 is 1.45 bits per heavy atom. The minimum absolute atomic E-state index is 1.20. The summed E-state index contributed by atoms with van der Waals surface area (Å²) in [5.74, 6) is 0. The molecule has 3 aromatic carbocycles. The van der Waals surface area contributed by atoms with Gasteiger partial charge in [-0.2, -0.15) is 0 Å². The largest absolute Gasteiger partial charge is 0.309 e. The lowest BCUT2D eigenvalue weighted by atomic mass is 10.1. The van der Waals surface area contributed by atoms with Crippen molar-refractivity contribution in [3.8, 4) is 5.69 Å². The summed E-state index contributed by atoms with van der Waals surface area (Å²) in [6.45, 7) is 2.05. The molecule has 4 rings (SSSR count). The highest BCUT2D eigenvalue weighted by Gasteiger charge is 2.11. The number of allylic oxidation sites excluding steroid dienone is 1. The van der Waals surface area contributed by atoms with Crippen molar-refractivity contribution in [3.63, 3.8) is 0 Å². The molecule has 0 bridgehead atoms. The Hall–Kier alpha value is -2.80. The molecular weight excluding hydrogens is 266 g/mol. The van der Waals surface area contributed by atoms with E-state index in [1.807, 2.05) is 0 Å². The summed E-state index contributed by atoms with van der Waals surface area (Å²) >= 11 is 0. The van der Waals surface area contributed by atoms with Gasteiger partial charge in [0.25, 0.3) is 0 Å². The van der Waals surface area contributed by atoms with E-state index in [9.17, 15) is 0 Å². The molecule has 0 spiro atoms. The molecule has 0 aliphatic carbocycles. The van der Waals surface area contributed by atoms with Crippen LogP contribution in [0, 0.1) is 0 Å². The first-order valence-corrected chi connectivity index (χ1v) is 7.60. The number of benzene rings is 3. The van der Waals surface area contributed by atoms with Crippen LogP contribution in [0.3, 0.4) is 0 Å². The lowest BCUT2D eigenvalue weighted by Crippen LogP contribution is -1.92. The zero-order valence-corrected chi connectivity index (χ0v) is 12.5. The third kappa shape index (κ3) is 1.94. The molecule has 0 radical (unpaired) electrons. The fraction of sp³-hybridized carbons (Fsp3) is 0.0476. The fourth-order valence-electron chi connectivity index (χ4n) is 3.14. The van der Waals surface area contributed by atoms with Crippen LogP contribution in [-0.2, 0) is 0 Å². The van der Waals surface area contributed by atoms with Gasteiger partial charge in [-0.25, -0.2) is 0 Å². The summed E-state index contributed by atoms with van der Waals surface area (Å²) < 4.78 is 2.34. The Balaban J connectivity index is 2.14. The molecule has 22 heavy (non-hydrogen) atoms. The van der Waals surface area contributed by atoms with Crippen molar-refractivity contribution in [1.82, 2.24) is 4.57 Å². The number of rotatable bonds is 2. The van der Waals surface area contributed by atoms with E-state index in [4.69, 9.17) is 0 Å². The van der Waals surface area contributed by atoms with Crippen LogP contribution in [0.15, 0.2) is 78.9 Å². The van der Waals surface area contributed by atoms with Gasteiger partial charge in [-0.15, -0.1) is 0 Å². The molecule has 0 atom stereocenters. The lowest BCUT2D eigenvalue weighted by molar-refractivity contribution is 1.18. The SMILES string of the molecule is CC=Cc1ccc2c(c1)c1ccccc1n2-c1ccccc1. The van der Waals surface area contributed by atoms with Crippen molar-refractivity contribution in [2.24, 2.45) is 0 Å². The van der Waals surface area contributed by atoms with E-state index < -0.39 is 0 Å². The van der Waals surface area contributed by atoms with Crippen molar-refractivity contribution >= 4 is 27.9 Å². The van der Waals surface area contributed by atoms with Gasteiger partial charge in [-0.1, -0.05) is 54.6 Å². The number of nitrogens with zero attached hydrogens (tertiary/aromatic N) is 1. The predicted octanol–water partition coefficient (Wildman–Crippen LogP) is 5.82. The van der Waals surface area contributed by atoms with Crippen LogP contribution in [-0.4, -0.2) is 4.57 Å². The smallest absolute Gasteiger partial charge is 0.0541 e. The Labute approximate surface area is 130 Å². The lowest BCUT2D eigenvalue weighted by Gasteiger charge is -2.07. The summed E-state index contributed by atoms with van der Waals surface area (Å²) in [6.07, 6.45) is 4.23. The van der Waals surface area contributed by atoms with Crippen LogP contribution in [0.5, 0.6) is 0 Å². The van der Waals surface area contributed by atoms with Crippen LogP contribution in [0.25, 0.3) is 33.6 Å². The molecule has 0 aliphatic heterocycles. The average Bonchev–Trinajstić information content (AvgIpc) is 2.90. The monoisotopic (exact) mass is 283 g/mol. The highest BCUT2D eigenvalue weighted by Crippen LogP contribution is 2.32. The molecule has 0 N–H and O–H groups in total. The van der Waals surface area contributed by atoms with E-state index in [1.165, 1.54) is 33.1 Å². The minimum Gasteiger partial charge on any atom is -0.309 e. The van der Waals surface area contributed by atoms with Gasteiger partial charge in [0.1, 0.15) is 0 Å². The summed E-state index contributed by atoms with van der Waals surface area (Å²) in [7, 11) is 0. The van der Waals surface area contributed by atoms with Gasteiger partial charge in [0.05, 0.1) is 11.0 Å². The Morgan fingerprint density at radius 3 is 2.27 bits per heavy atom. The molecule has 0 unspecified atom stereocenters. The van der Waals surface area contributed by atoms with E-state index in [0.717, 1.165) is 0 Å². The van der Waals surface area contributed by atoms with Crippen LogP contribution in [0.1, 0.15) is 12.5 Å². The first-order valence-electron chi connectivity index (χ1n) is 7.60. The van der Waals surface area contributed by atoms with Gasteiger partial charge in [0, 0.05) is 16.5 Å². The highest BCUT2D eigenvalue weighted by atomic mass is 15.0. The highest BCUT2D eigenvalue weighted by molar-refractivity contribution is 6.09. The number of fused-ring (bicyclic) bond motifs is 3. The molecule has 4 aromatic rings. The summed E-state index contributed by atoms with van der Waals surface area (Å²) in [5.41, 5.74) is 4.94. The van der Waals surface area contributed by atoms with Crippen molar-refractivity contribution in [1.29, 1.82) is 0 Å². The molecule has 106 valence electrons. The van der Waals surface area contributed by atoms with Gasteiger partial charge in [-0.3, -0.25) is 0 Å². The van der Waals surface area contributed by atoms with E-state index in [1.54, 1.807) is 0 Å². The Kier molecular flexibility index (Phi) is 3.05. The van der Waals surface area contributed by atoms with E-state index in [-0.39, 0.29) is 0 Å². The third-order valence-electron chi connectivity index (χ3n) is 4.07. The quantitative estimate of drug-likeness (QED) is 0.437. The summed E-state index contributed by atoms with van der Waals surface area (Å²) in [6, 6.07) is 25.8. The van der Waals surface area contributed by atoms with Crippen molar-refractivity contribution < 1.29 is 0 Å². The van der Waals surface area contributed by atoms with Gasteiger partial charge >= 0.3 is 0 Å². The molecule has 1 heteroatoms. The number of aromatic nitrogens is 1. The number of hydrogen-bond donors (Lipinski definition) is 0. The van der Waals surface area contributed by atoms with Gasteiger partial charge < -0.3 is 4.57 Å². The molecule has 1 nitrogen and oxygen atoms in total. The van der Waals surface area contributed by atoms with Crippen molar-refractivity contribution in [2.75, 3.05) is 0 Å². The second kappa shape index (κ2) is 5.19. The van der Waals surface area contributed by atoms with E-state index in [0.29, 0.717) is 0 Å². The molecule has 0 fully saturated rings. The fourth-order valence-corrected chi connectivity index (χ4v) is 3.14. The van der Waals surface area contributed by atoms with Crippen molar-refractivity contribution in [3.05, 3.63) is 84.4 Å². The summed E-state index contributed by atoms with van der Waals surface area (Å²) in [4.78, 5) is 0. The molecule has 1 heterocycles. The maximum atomic E-state index is 2.34. The summed E-state index contributed by atoms with van der Waals surface area (Å²) in [5, 5.41) is 2.60. The predicted molar refractivity (Wildman–Crippen MR) is 95.5 cm³/mol. The molecule has 1 aromatic heterocycles. The molecular formula is C21H17N. The number of para-hydroxylation sites is 2. The van der Waals surface area contributed by atoms with Gasteiger partial charge in [0.2, 0.25) is 0 Å². The molecule has 0 amide bonds. The first kappa shape index (κ1) is 12.9. The van der Waals surface area contributed by atoms with Crippen LogP contribution in [0.4, 0.5) is 0 Å². The first-order chi connectivity index (χ1) is 10.9. The van der Waals surface area contributed by atoms with E-state index >= 15 is 0 Å². The van der Waals surface area contributed by atoms with Gasteiger partial charge in [0.15, 0.2) is 0 Å². The normalized spacial score (nSPS) is 11.7. The van der Waals surface area contributed by atoms with Crippen molar-refractivity contribution in [2.45, 2.75) is 6.92 Å². The average molecular weight is 283 g/mol. The standard InChI is InChI=1S/C21H17N/c1-2-8-16-13-14-21-19(15-16)18-11-6-7-12-20(18)22(21)17-9-4-3-5-10-17/h2-15H,1H3. The van der Waals surface area contributed by atoms with E-state index in [2.05, 4.69) is 96.4 Å². The van der Waals surface area contributed by atoms with Crippen LogP contribution >= 0.6 is 0 Å². The second-order valence-corrected chi connectivity index (χ2v) is 5.46.